The summed E-state index contributed by atoms with van der Waals surface area (Å²) in [5.74, 6) is -1.12. The van der Waals surface area contributed by atoms with Gasteiger partial charge in [-0.25, -0.2) is 18.3 Å². The summed E-state index contributed by atoms with van der Waals surface area (Å²) in [4.78, 5) is 17.2. The predicted molar refractivity (Wildman–Crippen MR) is 136 cm³/mol. The van der Waals surface area contributed by atoms with Crippen LogP contribution in [0.15, 0.2) is 57.9 Å². The number of aryl methyl sites for hydroxylation is 2. The van der Waals surface area contributed by atoms with Gasteiger partial charge in [0.1, 0.15) is 27.4 Å². The Kier molecular flexibility index (Phi) is 7.52. The van der Waals surface area contributed by atoms with E-state index in [1.807, 2.05) is 18.2 Å². The Morgan fingerprint density at radius 2 is 2.14 bits per heavy atom. The first-order valence-electron chi connectivity index (χ1n) is 11.8. The normalized spacial score (nSPS) is 20.0. The monoisotopic (exact) mass is 508 g/mol. The van der Waals surface area contributed by atoms with Gasteiger partial charge in [0.2, 0.25) is 5.95 Å². The van der Waals surface area contributed by atoms with Crippen molar-refractivity contribution in [1.82, 2.24) is 14.3 Å². The standard InChI is InChI=1S/C26H29FN6O2S/c1-17(9-10-18-7-5-4-6-8-18)22-12-11-21-23(36(35,29-2)32-22)16-33(3)25(21)26(34)31-19-13-20(15-28)30-24(27)14-19/h4-8,13-14,16-17,22H,9-12H2,1-3H3,(H,29,32,35)(H,30,31,34). The minimum Gasteiger partial charge on any atom is -0.345 e. The minimum absolute atomic E-state index is 0.0500. The quantitative estimate of drug-likeness (QED) is 0.485. The number of anilines is 1. The molecule has 0 radical (unpaired) electrons. The number of pyridine rings is 1. The van der Waals surface area contributed by atoms with Crippen LogP contribution in [0.25, 0.3) is 0 Å². The van der Waals surface area contributed by atoms with Crippen LogP contribution in [0.5, 0.6) is 0 Å². The van der Waals surface area contributed by atoms with Crippen LogP contribution in [0.2, 0.25) is 0 Å². The highest BCUT2D eigenvalue weighted by molar-refractivity contribution is 7.91. The van der Waals surface area contributed by atoms with Crippen molar-refractivity contribution >= 4 is 21.5 Å². The summed E-state index contributed by atoms with van der Waals surface area (Å²) in [6.45, 7) is 2.14. The maximum Gasteiger partial charge on any atom is 0.272 e. The number of halogens is 1. The Balaban J connectivity index is 1.59. The van der Waals surface area contributed by atoms with E-state index in [-0.39, 0.29) is 23.3 Å². The fourth-order valence-electron chi connectivity index (χ4n) is 4.66. The summed E-state index contributed by atoms with van der Waals surface area (Å²) in [7, 11) is 0.256. The van der Waals surface area contributed by atoms with Crippen LogP contribution < -0.4 is 10.0 Å². The van der Waals surface area contributed by atoms with E-state index in [0.717, 1.165) is 18.9 Å². The van der Waals surface area contributed by atoms with Gasteiger partial charge in [-0.2, -0.15) is 9.65 Å². The molecule has 0 saturated heterocycles. The molecule has 3 atom stereocenters. The fourth-order valence-corrected chi connectivity index (χ4v) is 6.68. The SMILES string of the molecule is CN=S1(=O)NC(C(C)CCc2ccccc2)CCc2c1cn(C)c2C(=O)Nc1cc(F)nc(C#N)c1. The Hall–Kier alpha value is -3.55. The van der Waals surface area contributed by atoms with Gasteiger partial charge in [0, 0.05) is 43.7 Å². The summed E-state index contributed by atoms with van der Waals surface area (Å²) in [5, 5.41) is 11.7. The zero-order valence-electron chi connectivity index (χ0n) is 20.5. The van der Waals surface area contributed by atoms with Gasteiger partial charge < -0.3 is 9.88 Å². The molecule has 0 fully saturated rings. The molecule has 0 bridgehead atoms. The second-order valence-electron chi connectivity index (χ2n) is 9.03. The molecular weight excluding hydrogens is 479 g/mol. The van der Waals surface area contributed by atoms with Gasteiger partial charge in [0.25, 0.3) is 5.91 Å². The molecule has 3 heterocycles. The molecular formula is C26H29FN6O2S. The van der Waals surface area contributed by atoms with Crippen LogP contribution in [0.3, 0.4) is 0 Å². The summed E-state index contributed by atoms with van der Waals surface area (Å²) in [6, 6.07) is 14.3. The first-order chi connectivity index (χ1) is 17.2. The summed E-state index contributed by atoms with van der Waals surface area (Å²) < 4.78 is 36.9. The summed E-state index contributed by atoms with van der Waals surface area (Å²) in [6.07, 6.45) is 4.73. The molecule has 3 aromatic rings. The average Bonchev–Trinajstić information content (AvgIpc) is 3.14. The highest BCUT2D eigenvalue weighted by atomic mass is 32.2. The molecule has 0 aliphatic carbocycles. The molecule has 188 valence electrons. The maximum atomic E-state index is 14.0. The van der Waals surface area contributed by atoms with Crippen LogP contribution in [0.1, 0.15) is 47.1 Å². The van der Waals surface area contributed by atoms with Gasteiger partial charge in [-0.05, 0) is 43.2 Å². The lowest BCUT2D eigenvalue weighted by atomic mass is 9.91. The number of rotatable bonds is 6. The van der Waals surface area contributed by atoms with Crippen molar-refractivity contribution < 1.29 is 13.4 Å². The van der Waals surface area contributed by atoms with E-state index in [1.165, 1.54) is 18.7 Å². The Labute approximate surface area is 210 Å². The second-order valence-corrected chi connectivity index (χ2v) is 11.1. The summed E-state index contributed by atoms with van der Waals surface area (Å²) >= 11 is 0. The first-order valence-corrected chi connectivity index (χ1v) is 13.3. The van der Waals surface area contributed by atoms with Gasteiger partial charge in [-0.3, -0.25) is 4.79 Å². The molecule has 2 aromatic heterocycles. The molecule has 3 unspecified atom stereocenters. The van der Waals surface area contributed by atoms with Crippen LogP contribution in [-0.4, -0.2) is 32.8 Å². The zero-order valence-corrected chi connectivity index (χ0v) is 21.3. The van der Waals surface area contributed by atoms with Crippen LogP contribution in [0, 0.1) is 23.2 Å². The number of benzene rings is 1. The van der Waals surface area contributed by atoms with Crippen molar-refractivity contribution in [3.8, 4) is 6.07 Å². The number of hydrogen-bond donors (Lipinski definition) is 2. The second kappa shape index (κ2) is 10.6. The molecule has 8 nitrogen and oxygen atoms in total. The number of hydrogen-bond acceptors (Lipinski definition) is 5. The molecule has 36 heavy (non-hydrogen) atoms. The van der Waals surface area contributed by atoms with Crippen molar-refractivity contribution in [3.05, 3.63) is 77.1 Å². The average molecular weight is 509 g/mol. The van der Waals surface area contributed by atoms with E-state index in [0.29, 0.717) is 29.0 Å². The van der Waals surface area contributed by atoms with Crippen LogP contribution >= 0.6 is 0 Å². The highest BCUT2D eigenvalue weighted by Gasteiger charge is 2.33. The molecule has 10 heteroatoms. The Morgan fingerprint density at radius 3 is 2.83 bits per heavy atom. The van der Waals surface area contributed by atoms with E-state index in [9.17, 15) is 13.4 Å². The minimum atomic E-state index is -2.97. The topological polar surface area (TPSA) is 112 Å². The van der Waals surface area contributed by atoms with Crippen LogP contribution in [-0.2, 0) is 29.8 Å². The Morgan fingerprint density at radius 1 is 1.39 bits per heavy atom. The molecule has 1 amide bonds. The smallest absolute Gasteiger partial charge is 0.272 e. The number of nitrogens with one attached hydrogen (secondary N) is 2. The van der Waals surface area contributed by atoms with Gasteiger partial charge in [-0.15, -0.1) is 0 Å². The molecule has 1 aromatic carbocycles. The van der Waals surface area contributed by atoms with E-state index in [2.05, 4.69) is 38.4 Å². The largest absolute Gasteiger partial charge is 0.345 e. The van der Waals surface area contributed by atoms with Gasteiger partial charge in [0.15, 0.2) is 0 Å². The molecule has 0 saturated carbocycles. The van der Waals surface area contributed by atoms with Crippen molar-refractivity contribution in [2.24, 2.45) is 17.3 Å². The third-order valence-corrected chi connectivity index (χ3v) is 8.70. The molecule has 1 aliphatic rings. The van der Waals surface area contributed by atoms with Gasteiger partial charge >= 0.3 is 0 Å². The lowest BCUT2D eigenvalue weighted by molar-refractivity contribution is 0.101. The first kappa shape index (κ1) is 25.5. The number of carbonyl (C=O) groups is 1. The summed E-state index contributed by atoms with van der Waals surface area (Å²) in [5.41, 5.74) is 2.23. The number of nitriles is 1. The lowest BCUT2D eigenvalue weighted by Crippen LogP contribution is -2.38. The van der Waals surface area contributed by atoms with E-state index in [4.69, 9.17) is 5.26 Å². The third-order valence-electron chi connectivity index (χ3n) is 6.62. The van der Waals surface area contributed by atoms with Gasteiger partial charge in [0.05, 0.1) is 4.90 Å². The van der Waals surface area contributed by atoms with Crippen molar-refractivity contribution in [3.63, 3.8) is 0 Å². The van der Waals surface area contributed by atoms with E-state index >= 15 is 0 Å². The predicted octanol–water partition coefficient (Wildman–Crippen LogP) is 4.23. The number of aromatic nitrogens is 2. The fraction of sp³-hybridized carbons (Fsp3) is 0.346. The molecule has 2 N–H and O–H groups in total. The number of carbonyl (C=O) groups excluding carboxylic acids is 1. The van der Waals surface area contributed by atoms with Crippen molar-refractivity contribution in [2.45, 2.75) is 43.5 Å². The van der Waals surface area contributed by atoms with Gasteiger partial charge in [-0.1, -0.05) is 37.3 Å². The maximum absolute atomic E-state index is 14.0. The number of amides is 1. The van der Waals surface area contributed by atoms with Crippen LogP contribution in [0.4, 0.5) is 10.1 Å². The lowest BCUT2D eigenvalue weighted by Gasteiger charge is -2.24. The molecule has 4 rings (SSSR count). The third kappa shape index (κ3) is 5.32. The molecule has 0 spiro atoms. The van der Waals surface area contributed by atoms with Crippen molar-refractivity contribution in [2.75, 3.05) is 12.4 Å². The molecule has 1 aliphatic heterocycles. The Bertz CT molecular complexity index is 1440. The van der Waals surface area contributed by atoms with E-state index in [1.54, 1.807) is 23.9 Å². The van der Waals surface area contributed by atoms with Crippen molar-refractivity contribution in [1.29, 1.82) is 5.26 Å². The number of fused-ring (bicyclic) bond motifs is 1. The number of nitrogens with zero attached hydrogens (tertiary/aromatic N) is 4. The zero-order chi connectivity index (χ0) is 25.9. The van der Waals surface area contributed by atoms with E-state index < -0.39 is 21.8 Å². The highest BCUT2D eigenvalue weighted by Crippen LogP contribution is 2.31.